The quantitative estimate of drug-likeness (QED) is 0.633. The Morgan fingerprint density at radius 3 is 2.67 bits per heavy atom. The topological polar surface area (TPSA) is 110 Å². The fraction of sp³-hybridized carbons (Fsp3) is 0. The van der Waals surface area contributed by atoms with Crippen molar-refractivity contribution in [2.24, 2.45) is 0 Å². The number of nitro groups is 1. The van der Waals surface area contributed by atoms with E-state index in [1.165, 1.54) is 23.6 Å². The number of hydrogen-bond donors (Lipinski definition) is 2. The number of anilines is 1. The smallest absolute Gasteiger partial charge is 0.338 e. The molecule has 1 amide bonds. The van der Waals surface area contributed by atoms with Gasteiger partial charge in [0, 0.05) is 11.6 Å². The van der Waals surface area contributed by atoms with E-state index in [1.54, 1.807) is 0 Å². The van der Waals surface area contributed by atoms with Gasteiger partial charge in [-0.1, -0.05) is 0 Å². The molecule has 0 fully saturated rings. The molecule has 0 saturated heterocycles. The molecule has 0 unspecified atom stereocenters. The zero-order chi connectivity index (χ0) is 15.6. The van der Waals surface area contributed by atoms with Crippen LogP contribution in [0.5, 0.6) is 0 Å². The number of thiophene rings is 1. The number of nitrogens with zero attached hydrogens (tertiary/aromatic N) is 1. The van der Waals surface area contributed by atoms with Gasteiger partial charge in [0.25, 0.3) is 11.6 Å². The molecule has 7 nitrogen and oxygen atoms in total. The lowest BCUT2D eigenvalue weighted by molar-refractivity contribution is -0.385. The summed E-state index contributed by atoms with van der Waals surface area (Å²) in [5.41, 5.74) is -0.207. The van der Waals surface area contributed by atoms with Crippen LogP contribution in [0.1, 0.15) is 20.7 Å². The first kappa shape index (κ1) is 15.1. The van der Waals surface area contributed by atoms with Crippen LogP contribution in [-0.2, 0) is 0 Å². The van der Waals surface area contributed by atoms with Gasteiger partial charge in [-0.2, -0.15) is 0 Å². The number of halogens is 1. The van der Waals surface area contributed by atoms with Gasteiger partial charge < -0.3 is 10.4 Å². The van der Waals surface area contributed by atoms with E-state index >= 15 is 0 Å². The van der Waals surface area contributed by atoms with Crippen LogP contribution < -0.4 is 5.32 Å². The van der Waals surface area contributed by atoms with Gasteiger partial charge in [0.2, 0.25) is 0 Å². The molecule has 0 aliphatic heterocycles. The van der Waals surface area contributed by atoms with Crippen LogP contribution in [0, 0.1) is 10.1 Å². The molecule has 0 bridgehead atoms. The molecule has 0 atom stereocenters. The van der Waals surface area contributed by atoms with E-state index in [1.807, 2.05) is 0 Å². The minimum Gasteiger partial charge on any atom is -0.478 e. The molecule has 0 radical (unpaired) electrons. The summed E-state index contributed by atoms with van der Waals surface area (Å²) < 4.78 is 0.256. The van der Waals surface area contributed by atoms with E-state index in [2.05, 4.69) is 21.2 Å². The van der Waals surface area contributed by atoms with Crippen molar-refractivity contribution >= 4 is 49.8 Å². The van der Waals surface area contributed by atoms with E-state index in [0.29, 0.717) is 0 Å². The lowest BCUT2D eigenvalue weighted by atomic mass is 10.2. The fourth-order valence-corrected chi connectivity index (χ4v) is 2.71. The maximum Gasteiger partial charge on any atom is 0.338 e. The monoisotopic (exact) mass is 370 g/mol. The summed E-state index contributed by atoms with van der Waals surface area (Å²) in [5, 5.41) is 23.9. The molecule has 1 heterocycles. The number of hydrogen-bond acceptors (Lipinski definition) is 5. The number of carbonyl (C=O) groups excluding carboxylic acids is 1. The van der Waals surface area contributed by atoms with Gasteiger partial charge in [-0.15, -0.1) is 11.3 Å². The van der Waals surface area contributed by atoms with Crippen molar-refractivity contribution in [3.63, 3.8) is 0 Å². The van der Waals surface area contributed by atoms with Crippen LogP contribution in [-0.4, -0.2) is 21.9 Å². The summed E-state index contributed by atoms with van der Waals surface area (Å²) >= 11 is 4.08. The largest absolute Gasteiger partial charge is 0.478 e. The van der Waals surface area contributed by atoms with E-state index in [0.717, 1.165) is 17.4 Å². The third kappa shape index (κ3) is 3.26. The summed E-state index contributed by atoms with van der Waals surface area (Å²) in [5.74, 6) is -1.77. The third-order valence-electron chi connectivity index (χ3n) is 2.53. The Hall–Kier alpha value is -2.26. The van der Waals surface area contributed by atoms with Crippen molar-refractivity contribution in [3.8, 4) is 0 Å². The number of aromatic carboxylic acids is 1. The number of carboxylic acids is 1. The SMILES string of the molecule is O=C(Nc1sccc1C(=O)O)c1ccc(Br)c([N+](=O)[O-])c1. The van der Waals surface area contributed by atoms with Crippen molar-refractivity contribution in [2.75, 3.05) is 5.32 Å². The average molecular weight is 371 g/mol. The predicted octanol–water partition coefficient (Wildman–Crippen LogP) is 3.37. The average Bonchev–Trinajstić information content (AvgIpc) is 2.87. The molecule has 1 aromatic heterocycles. The molecule has 0 saturated carbocycles. The number of amides is 1. The van der Waals surface area contributed by atoms with Crippen molar-refractivity contribution in [2.45, 2.75) is 0 Å². The Labute approximate surface area is 130 Å². The molecule has 2 rings (SSSR count). The van der Waals surface area contributed by atoms with Crippen LogP contribution in [0.2, 0.25) is 0 Å². The first-order chi connectivity index (χ1) is 9.90. The molecule has 108 valence electrons. The normalized spacial score (nSPS) is 10.1. The minimum atomic E-state index is -1.16. The Morgan fingerprint density at radius 2 is 2.05 bits per heavy atom. The van der Waals surface area contributed by atoms with Crippen LogP contribution in [0.15, 0.2) is 34.1 Å². The minimum absolute atomic E-state index is 0.0278. The Morgan fingerprint density at radius 1 is 1.33 bits per heavy atom. The number of nitro benzene ring substituents is 1. The number of nitrogens with one attached hydrogen (secondary N) is 1. The third-order valence-corrected chi connectivity index (χ3v) is 4.03. The fourth-order valence-electron chi connectivity index (χ4n) is 1.54. The summed E-state index contributed by atoms with van der Waals surface area (Å²) in [6.07, 6.45) is 0. The van der Waals surface area contributed by atoms with Crippen LogP contribution >= 0.6 is 27.3 Å². The highest BCUT2D eigenvalue weighted by Gasteiger charge is 2.18. The molecule has 0 spiro atoms. The Balaban J connectivity index is 2.29. The van der Waals surface area contributed by atoms with Crippen LogP contribution in [0.25, 0.3) is 0 Å². The lowest BCUT2D eigenvalue weighted by Crippen LogP contribution is -2.13. The summed E-state index contributed by atoms with van der Waals surface area (Å²) in [6, 6.07) is 5.28. The van der Waals surface area contributed by atoms with Crippen LogP contribution in [0.4, 0.5) is 10.7 Å². The van der Waals surface area contributed by atoms with Gasteiger partial charge >= 0.3 is 5.97 Å². The summed E-state index contributed by atoms with van der Waals surface area (Å²) in [4.78, 5) is 33.2. The molecule has 2 N–H and O–H groups in total. The highest BCUT2D eigenvalue weighted by molar-refractivity contribution is 9.10. The van der Waals surface area contributed by atoms with Crippen molar-refractivity contribution in [1.82, 2.24) is 0 Å². The number of carbonyl (C=O) groups is 2. The highest BCUT2D eigenvalue weighted by Crippen LogP contribution is 2.27. The van der Waals surface area contributed by atoms with Gasteiger partial charge in [0.1, 0.15) is 5.00 Å². The van der Waals surface area contributed by atoms with E-state index < -0.39 is 16.8 Å². The zero-order valence-electron chi connectivity index (χ0n) is 10.2. The van der Waals surface area contributed by atoms with Crippen molar-refractivity contribution in [1.29, 1.82) is 0 Å². The molecular weight excluding hydrogens is 364 g/mol. The zero-order valence-corrected chi connectivity index (χ0v) is 12.6. The maximum absolute atomic E-state index is 12.0. The Kier molecular flexibility index (Phi) is 4.34. The Bertz CT molecular complexity index is 743. The van der Waals surface area contributed by atoms with Crippen molar-refractivity contribution < 1.29 is 19.6 Å². The summed E-state index contributed by atoms with van der Waals surface area (Å²) in [6.45, 7) is 0. The number of carboxylic acid groups (broad SMARTS) is 1. The highest BCUT2D eigenvalue weighted by atomic mass is 79.9. The standard InChI is InChI=1S/C12H7BrN2O5S/c13-8-2-1-6(5-9(8)15(19)20)10(16)14-11-7(12(17)18)3-4-21-11/h1-5H,(H,14,16)(H,17,18). The van der Waals surface area contributed by atoms with Crippen LogP contribution in [0.3, 0.4) is 0 Å². The van der Waals surface area contributed by atoms with E-state index in [4.69, 9.17) is 5.11 Å². The van der Waals surface area contributed by atoms with Gasteiger partial charge in [-0.25, -0.2) is 4.79 Å². The van der Waals surface area contributed by atoms with E-state index in [-0.39, 0.29) is 26.3 Å². The lowest BCUT2D eigenvalue weighted by Gasteiger charge is -2.05. The summed E-state index contributed by atoms with van der Waals surface area (Å²) in [7, 11) is 0. The molecule has 0 aliphatic rings. The maximum atomic E-state index is 12.0. The van der Waals surface area contributed by atoms with E-state index in [9.17, 15) is 19.7 Å². The van der Waals surface area contributed by atoms with Crippen molar-refractivity contribution in [3.05, 3.63) is 55.4 Å². The molecule has 2 aromatic rings. The van der Waals surface area contributed by atoms with Gasteiger partial charge in [0.15, 0.2) is 0 Å². The number of rotatable bonds is 4. The second-order valence-electron chi connectivity index (χ2n) is 3.85. The molecule has 0 aliphatic carbocycles. The predicted molar refractivity (Wildman–Crippen MR) is 80.0 cm³/mol. The second kappa shape index (κ2) is 6.02. The molecule has 21 heavy (non-hydrogen) atoms. The van der Waals surface area contributed by atoms with Gasteiger partial charge in [-0.3, -0.25) is 14.9 Å². The molecule has 1 aromatic carbocycles. The first-order valence-corrected chi connectivity index (χ1v) is 7.13. The van der Waals surface area contributed by atoms with Gasteiger partial charge in [0.05, 0.1) is 15.0 Å². The molecule has 9 heteroatoms. The number of benzene rings is 1. The second-order valence-corrected chi connectivity index (χ2v) is 5.62. The molecular formula is C12H7BrN2O5S. The van der Waals surface area contributed by atoms with Gasteiger partial charge in [-0.05, 0) is 39.5 Å². The first-order valence-electron chi connectivity index (χ1n) is 5.46.